The Labute approximate surface area is 114 Å². The van der Waals surface area contributed by atoms with Gasteiger partial charge in [0.25, 0.3) is 0 Å². The number of rotatable bonds is 4. The summed E-state index contributed by atoms with van der Waals surface area (Å²) in [7, 11) is 0. The minimum atomic E-state index is -0.0331. The molecule has 2 N–H and O–H groups in total. The fourth-order valence-electron chi connectivity index (χ4n) is 1.93. The van der Waals surface area contributed by atoms with Gasteiger partial charge in [0.05, 0.1) is 12.2 Å². The van der Waals surface area contributed by atoms with Crippen molar-refractivity contribution in [3.05, 3.63) is 35.3 Å². The van der Waals surface area contributed by atoms with Gasteiger partial charge < -0.3 is 10.6 Å². The first-order valence-electron chi connectivity index (χ1n) is 5.98. The second-order valence-electron chi connectivity index (χ2n) is 4.18. The molecule has 0 spiro atoms. The molecule has 1 aromatic heterocycles. The molecule has 98 valence electrons. The summed E-state index contributed by atoms with van der Waals surface area (Å²) in [5.41, 5.74) is 2.83. The van der Waals surface area contributed by atoms with E-state index in [-0.39, 0.29) is 6.03 Å². The molecule has 19 heavy (non-hydrogen) atoms. The van der Waals surface area contributed by atoms with Crippen LogP contribution < -0.4 is 15.5 Å². The average molecular weight is 275 g/mol. The van der Waals surface area contributed by atoms with Crippen LogP contribution in [0.5, 0.6) is 0 Å². The molecule has 1 saturated heterocycles. The van der Waals surface area contributed by atoms with Gasteiger partial charge in [0, 0.05) is 29.8 Å². The maximum absolute atomic E-state index is 11.5. The van der Waals surface area contributed by atoms with E-state index >= 15 is 0 Å². The molecule has 1 aliphatic heterocycles. The summed E-state index contributed by atoms with van der Waals surface area (Å²) in [6.45, 7) is 2.08. The van der Waals surface area contributed by atoms with Crippen LogP contribution in [0.1, 0.15) is 5.69 Å². The largest absolute Gasteiger partial charge is 0.379 e. The van der Waals surface area contributed by atoms with Gasteiger partial charge in [-0.05, 0) is 35.8 Å². The number of aromatic nitrogens is 2. The molecule has 0 bridgehead atoms. The quantitative estimate of drug-likeness (QED) is 0.890. The maximum Gasteiger partial charge on any atom is 0.321 e. The number of carbonyl (C=O) groups is 1. The van der Waals surface area contributed by atoms with E-state index < -0.39 is 0 Å². The third-order valence-corrected chi connectivity index (χ3v) is 3.47. The van der Waals surface area contributed by atoms with Crippen molar-refractivity contribution in [1.82, 2.24) is 14.9 Å². The molecule has 7 heteroatoms. The SMILES string of the molecule is O=C1NCCN1c1ccc(NCc2csnn2)cc1. The lowest BCUT2D eigenvalue weighted by molar-refractivity contribution is 0.252. The van der Waals surface area contributed by atoms with Gasteiger partial charge in [-0.25, -0.2) is 4.79 Å². The molecule has 0 aliphatic carbocycles. The number of urea groups is 1. The molecule has 0 radical (unpaired) electrons. The number of hydrogen-bond donors (Lipinski definition) is 2. The van der Waals surface area contributed by atoms with Gasteiger partial charge in [0.15, 0.2) is 0 Å². The number of nitrogens with zero attached hydrogens (tertiary/aromatic N) is 3. The first-order chi connectivity index (χ1) is 9.33. The Morgan fingerprint density at radius 1 is 1.37 bits per heavy atom. The average Bonchev–Trinajstić information content (AvgIpc) is 3.08. The summed E-state index contributed by atoms with van der Waals surface area (Å²) in [5.74, 6) is 0. The molecule has 2 heterocycles. The van der Waals surface area contributed by atoms with Gasteiger partial charge in [0.2, 0.25) is 0 Å². The summed E-state index contributed by atoms with van der Waals surface area (Å²) >= 11 is 1.34. The Morgan fingerprint density at radius 3 is 2.84 bits per heavy atom. The lowest BCUT2D eigenvalue weighted by Crippen LogP contribution is -2.27. The van der Waals surface area contributed by atoms with Crippen molar-refractivity contribution in [2.45, 2.75) is 6.54 Å². The number of amides is 2. The van der Waals surface area contributed by atoms with E-state index in [1.54, 1.807) is 4.90 Å². The van der Waals surface area contributed by atoms with Crippen LogP contribution in [0.4, 0.5) is 16.2 Å². The standard InChI is InChI=1S/C12H13N5OS/c18-12-13-5-6-17(12)11-3-1-9(2-4-11)14-7-10-8-19-16-15-10/h1-4,8,14H,5-7H2,(H,13,18). The van der Waals surface area contributed by atoms with E-state index in [1.807, 2.05) is 29.6 Å². The normalized spacial score (nSPS) is 14.5. The second-order valence-corrected chi connectivity index (χ2v) is 4.79. The Morgan fingerprint density at radius 2 is 2.21 bits per heavy atom. The molecule has 3 rings (SSSR count). The highest BCUT2D eigenvalue weighted by atomic mass is 32.1. The number of nitrogens with one attached hydrogen (secondary N) is 2. The molecule has 0 saturated carbocycles. The van der Waals surface area contributed by atoms with Gasteiger partial charge in [-0.2, -0.15) is 0 Å². The molecule has 1 aromatic carbocycles. The molecule has 2 aromatic rings. The minimum Gasteiger partial charge on any atom is -0.379 e. The van der Waals surface area contributed by atoms with Crippen LogP contribution in [-0.4, -0.2) is 28.7 Å². The first-order valence-corrected chi connectivity index (χ1v) is 6.82. The predicted molar refractivity (Wildman–Crippen MR) is 74.4 cm³/mol. The van der Waals surface area contributed by atoms with E-state index in [4.69, 9.17) is 0 Å². The first kappa shape index (κ1) is 11.9. The van der Waals surface area contributed by atoms with Crippen molar-refractivity contribution < 1.29 is 4.79 Å². The minimum absolute atomic E-state index is 0.0331. The van der Waals surface area contributed by atoms with Crippen LogP contribution in [0.2, 0.25) is 0 Å². The zero-order chi connectivity index (χ0) is 13.1. The molecule has 0 atom stereocenters. The van der Waals surface area contributed by atoms with E-state index in [0.717, 1.165) is 23.6 Å². The van der Waals surface area contributed by atoms with E-state index in [9.17, 15) is 4.79 Å². The molecular weight excluding hydrogens is 262 g/mol. The summed E-state index contributed by atoms with van der Waals surface area (Å²) in [6, 6.07) is 7.76. The topological polar surface area (TPSA) is 70.2 Å². The number of anilines is 2. The maximum atomic E-state index is 11.5. The van der Waals surface area contributed by atoms with Crippen LogP contribution in [0.25, 0.3) is 0 Å². The van der Waals surface area contributed by atoms with Crippen LogP contribution in [0, 0.1) is 0 Å². The Kier molecular flexibility index (Phi) is 3.28. The summed E-state index contributed by atoms with van der Waals surface area (Å²) in [6.07, 6.45) is 0. The van der Waals surface area contributed by atoms with Crippen molar-refractivity contribution in [3.8, 4) is 0 Å². The van der Waals surface area contributed by atoms with E-state index in [2.05, 4.69) is 20.2 Å². The fourth-order valence-corrected chi connectivity index (χ4v) is 2.38. The molecule has 2 amide bonds. The van der Waals surface area contributed by atoms with Crippen LogP contribution >= 0.6 is 11.5 Å². The summed E-state index contributed by atoms with van der Waals surface area (Å²) in [5, 5.41) is 11.9. The molecule has 0 unspecified atom stereocenters. The van der Waals surface area contributed by atoms with E-state index in [0.29, 0.717) is 13.1 Å². The van der Waals surface area contributed by atoms with Crippen molar-refractivity contribution >= 4 is 28.9 Å². The van der Waals surface area contributed by atoms with Crippen LogP contribution in [0.3, 0.4) is 0 Å². The van der Waals surface area contributed by atoms with Gasteiger partial charge in [-0.1, -0.05) is 4.49 Å². The Hall–Kier alpha value is -2.15. The van der Waals surface area contributed by atoms with Gasteiger partial charge in [0.1, 0.15) is 0 Å². The molecule has 1 fully saturated rings. The lowest BCUT2D eigenvalue weighted by atomic mass is 10.2. The zero-order valence-electron chi connectivity index (χ0n) is 10.2. The van der Waals surface area contributed by atoms with Gasteiger partial charge in [-0.3, -0.25) is 4.90 Å². The van der Waals surface area contributed by atoms with Gasteiger partial charge in [-0.15, -0.1) is 5.10 Å². The highest BCUT2D eigenvalue weighted by molar-refractivity contribution is 7.03. The summed E-state index contributed by atoms with van der Waals surface area (Å²) < 4.78 is 3.81. The fraction of sp³-hybridized carbons (Fsp3) is 0.250. The lowest BCUT2D eigenvalue weighted by Gasteiger charge is -2.14. The van der Waals surface area contributed by atoms with Gasteiger partial charge >= 0.3 is 6.03 Å². The monoisotopic (exact) mass is 275 g/mol. The van der Waals surface area contributed by atoms with Crippen molar-refractivity contribution in [1.29, 1.82) is 0 Å². The Bertz CT molecular complexity index is 554. The smallest absolute Gasteiger partial charge is 0.321 e. The highest BCUT2D eigenvalue weighted by Gasteiger charge is 2.20. The van der Waals surface area contributed by atoms with Crippen LogP contribution in [-0.2, 0) is 6.54 Å². The number of benzene rings is 1. The zero-order valence-corrected chi connectivity index (χ0v) is 11.0. The van der Waals surface area contributed by atoms with Crippen molar-refractivity contribution in [2.24, 2.45) is 0 Å². The Balaban J connectivity index is 1.64. The third-order valence-electron chi connectivity index (χ3n) is 2.91. The third kappa shape index (κ3) is 2.65. The number of carbonyl (C=O) groups excluding carboxylic acids is 1. The molecule has 6 nitrogen and oxygen atoms in total. The second kappa shape index (κ2) is 5.23. The van der Waals surface area contributed by atoms with Crippen molar-refractivity contribution in [3.63, 3.8) is 0 Å². The number of hydrogen-bond acceptors (Lipinski definition) is 5. The highest BCUT2D eigenvalue weighted by Crippen LogP contribution is 2.19. The molecule has 1 aliphatic rings. The molecular formula is C12H13N5OS. The summed E-state index contributed by atoms with van der Waals surface area (Å²) in [4.78, 5) is 13.3. The van der Waals surface area contributed by atoms with Crippen LogP contribution in [0.15, 0.2) is 29.6 Å². The predicted octanol–water partition coefficient (Wildman–Crippen LogP) is 1.68. The van der Waals surface area contributed by atoms with Crippen molar-refractivity contribution in [2.75, 3.05) is 23.3 Å². The van der Waals surface area contributed by atoms with E-state index in [1.165, 1.54) is 11.5 Å².